The largest absolute Gasteiger partial charge is 0.496 e. The molecule has 0 bridgehead atoms. The van der Waals surface area contributed by atoms with Gasteiger partial charge in [-0.05, 0) is 36.8 Å². The number of benzene rings is 2. The third-order valence-electron chi connectivity index (χ3n) is 3.48. The minimum absolute atomic E-state index is 0.102. The van der Waals surface area contributed by atoms with Crippen molar-refractivity contribution in [2.45, 2.75) is 13.5 Å². The summed E-state index contributed by atoms with van der Waals surface area (Å²) in [4.78, 5) is 23.8. The fourth-order valence-corrected chi connectivity index (χ4v) is 2.32. The second-order valence-electron chi connectivity index (χ2n) is 5.24. The fraction of sp³-hybridized carbons (Fsp3) is 0.222. The number of nitrogens with one attached hydrogen (secondary N) is 2. The van der Waals surface area contributed by atoms with Crippen LogP contribution in [0, 0.1) is 6.92 Å². The Balaban J connectivity index is 1.88. The molecule has 2 rings (SSSR count). The van der Waals surface area contributed by atoms with Crippen LogP contribution >= 0.6 is 11.6 Å². The monoisotopic (exact) mass is 346 g/mol. The van der Waals surface area contributed by atoms with Crippen LogP contribution in [0.1, 0.15) is 21.5 Å². The van der Waals surface area contributed by atoms with Crippen molar-refractivity contribution >= 4 is 23.4 Å². The summed E-state index contributed by atoms with van der Waals surface area (Å²) >= 11 is 6.10. The molecule has 0 unspecified atom stereocenters. The Hall–Kier alpha value is -2.53. The SMILES string of the molecule is COc1cc(C)c(Cl)cc1CNC(=O)CNC(=O)c1ccccc1. The highest BCUT2D eigenvalue weighted by molar-refractivity contribution is 6.31. The summed E-state index contributed by atoms with van der Waals surface area (Å²) in [5, 5.41) is 5.92. The lowest BCUT2D eigenvalue weighted by Crippen LogP contribution is -2.36. The van der Waals surface area contributed by atoms with Crippen molar-refractivity contribution in [1.82, 2.24) is 10.6 Å². The highest BCUT2D eigenvalue weighted by atomic mass is 35.5. The number of methoxy groups -OCH3 is 1. The van der Waals surface area contributed by atoms with Crippen LogP contribution in [0.25, 0.3) is 0 Å². The molecule has 24 heavy (non-hydrogen) atoms. The van der Waals surface area contributed by atoms with Gasteiger partial charge in [-0.1, -0.05) is 29.8 Å². The second kappa shape index (κ2) is 8.36. The Kier molecular flexibility index (Phi) is 6.21. The molecule has 0 saturated carbocycles. The van der Waals surface area contributed by atoms with Gasteiger partial charge in [0, 0.05) is 22.7 Å². The zero-order valence-corrected chi connectivity index (χ0v) is 14.3. The highest BCUT2D eigenvalue weighted by Crippen LogP contribution is 2.26. The molecule has 0 saturated heterocycles. The predicted octanol–water partition coefficient (Wildman–Crippen LogP) is 2.70. The first-order valence-electron chi connectivity index (χ1n) is 7.44. The van der Waals surface area contributed by atoms with E-state index in [0.717, 1.165) is 11.1 Å². The van der Waals surface area contributed by atoms with Gasteiger partial charge in [0.25, 0.3) is 5.91 Å². The third-order valence-corrected chi connectivity index (χ3v) is 3.89. The first-order chi connectivity index (χ1) is 11.5. The van der Waals surface area contributed by atoms with Gasteiger partial charge in [-0.15, -0.1) is 0 Å². The first-order valence-corrected chi connectivity index (χ1v) is 7.82. The lowest BCUT2D eigenvalue weighted by atomic mass is 10.1. The van der Waals surface area contributed by atoms with Crippen molar-refractivity contribution in [3.8, 4) is 5.75 Å². The normalized spacial score (nSPS) is 10.1. The second-order valence-corrected chi connectivity index (χ2v) is 5.65. The molecule has 6 heteroatoms. The zero-order chi connectivity index (χ0) is 17.5. The van der Waals surface area contributed by atoms with E-state index in [-0.39, 0.29) is 24.9 Å². The quantitative estimate of drug-likeness (QED) is 0.845. The standard InChI is InChI=1S/C18H19ClN2O3/c1-12-8-16(24-2)14(9-15(12)19)10-20-17(22)11-21-18(23)13-6-4-3-5-7-13/h3-9H,10-11H2,1-2H3,(H,20,22)(H,21,23). The number of aryl methyl sites for hydroxylation is 1. The summed E-state index contributed by atoms with van der Waals surface area (Å²) in [5.41, 5.74) is 2.19. The molecule has 0 atom stereocenters. The van der Waals surface area contributed by atoms with Crippen LogP contribution in [0.4, 0.5) is 0 Å². The van der Waals surface area contributed by atoms with E-state index in [1.54, 1.807) is 37.4 Å². The summed E-state index contributed by atoms with van der Waals surface area (Å²) in [6, 6.07) is 12.3. The van der Waals surface area contributed by atoms with Gasteiger partial charge in [0.2, 0.25) is 5.91 Å². The maximum Gasteiger partial charge on any atom is 0.251 e. The van der Waals surface area contributed by atoms with Crippen molar-refractivity contribution in [2.24, 2.45) is 0 Å². The van der Waals surface area contributed by atoms with Gasteiger partial charge >= 0.3 is 0 Å². The van der Waals surface area contributed by atoms with Crippen molar-refractivity contribution in [3.63, 3.8) is 0 Å². The molecule has 0 spiro atoms. The van der Waals surface area contributed by atoms with Gasteiger partial charge in [-0.3, -0.25) is 9.59 Å². The molecule has 0 radical (unpaired) electrons. The topological polar surface area (TPSA) is 67.4 Å². The van der Waals surface area contributed by atoms with E-state index in [2.05, 4.69) is 10.6 Å². The number of hydrogen-bond donors (Lipinski definition) is 2. The number of carbonyl (C=O) groups excluding carboxylic acids is 2. The van der Waals surface area contributed by atoms with Gasteiger partial charge in [-0.2, -0.15) is 0 Å². The Morgan fingerprint density at radius 1 is 1.12 bits per heavy atom. The smallest absolute Gasteiger partial charge is 0.251 e. The summed E-state index contributed by atoms with van der Waals surface area (Å²) in [6.07, 6.45) is 0. The molecular weight excluding hydrogens is 328 g/mol. The minimum Gasteiger partial charge on any atom is -0.496 e. The van der Waals surface area contributed by atoms with E-state index in [4.69, 9.17) is 16.3 Å². The van der Waals surface area contributed by atoms with Gasteiger partial charge in [0.05, 0.1) is 13.7 Å². The summed E-state index contributed by atoms with van der Waals surface area (Å²) in [6.45, 7) is 2.05. The van der Waals surface area contributed by atoms with Crippen molar-refractivity contribution < 1.29 is 14.3 Å². The molecule has 0 fully saturated rings. The molecular formula is C18H19ClN2O3. The molecule has 126 valence electrons. The van der Waals surface area contributed by atoms with E-state index in [1.807, 2.05) is 19.1 Å². The molecule has 5 nitrogen and oxygen atoms in total. The zero-order valence-electron chi connectivity index (χ0n) is 13.6. The summed E-state index contributed by atoms with van der Waals surface area (Å²) in [5.74, 6) is 0.0743. The van der Waals surface area contributed by atoms with Crippen molar-refractivity contribution in [3.05, 3.63) is 64.2 Å². The van der Waals surface area contributed by atoms with Crippen molar-refractivity contribution in [2.75, 3.05) is 13.7 Å². The molecule has 0 heterocycles. The molecule has 2 amide bonds. The maximum absolute atomic E-state index is 11.9. The Morgan fingerprint density at radius 3 is 2.50 bits per heavy atom. The lowest BCUT2D eigenvalue weighted by Gasteiger charge is -2.12. The van der Waals surface area contributed by atoms with Gasteiger partial charge in [0.1, 0.15) is 5.75 Å². The number of amides is 2. The Bertz CT molecular complexity index is 733. The molecule has 0 aliphatic carbocycles. The highest BCUT2D eigenvalue weighted by Gasteiger charge is 2.10. The van der Waals surface area contributed by atoms with Gasteiger partial charge in [0.15, 0.2) is 0 Å². The van der Waals surface area contributed by atoms with Crippen LogP contribution in [-0.2, 0) is 11.3 Å². The lowest BCUT2D eigenvalue weighted by molar-refractivity contribution is -0.120. The van der Waals surface area contributed by atoms with E-state index >= 15 is 0 Å². The summed E-state index contributed by atoms with van der Waals surface area (Å²) in [7, 11) is 1.56. The van der Waals surface area contributed by atoms with Crippen LogP contribution in [0.15, 0.2) is 42.5 Å². The number of hydrogen-bond acceptors (Lipinski definition) is 3. The molecule has 0 aromatic heterocycles. The van der Waals surface area contributed by atoms with Gasteiger partial charge < -0.3 is 15.4 Å². The molecule has 0 aliphatic rings. The van der Waals surface area contributed by atoms with Crippen LogP contribution in [0.5, 0.6) is 5.75 Å². The fourth-order valence-electron chi connectivity index (χ4n) is 2.13. The molecule has 2 aromatic rings. The van der Waals surface area contributed by atoms with E-state index in [9.17, 15) is 9.59 Å². The van der Waals surface area contributed by atoms with Crippen LogP contribution in [0.3, 0.4) is 0 Å². The van der Waals surface area contributed by atoms with E-state index in [0.29, 0.717) is 16.3 Å². The number of ether oxygens (including phenoxy) is 1. The minimum atomic E-state index is -0.293. The average Bonchev–Trinajstić information content (AvgIpc) is 2.60. The first kappa shape index (κ1) is 17.8. The average molecular weight is 347 g/mol. The van der Waals surface area contributed by atoms with Crippen LogP contribution < -0.4 is 15.4 Å². The van der Waals surface area contributed by atoms with E-state index in [1.165, 1.54) is 0 Å². The number of halogens is 1. The molecule has 2 N–H and O–H groups in total. The van der Waals surface area contributed by atoms with Gasteiger partial charge in [-0.25, -0.2) is 0 Å². The Morgan fingerprint density at radius 2 is 1.83 bits per heavy atom. The third kappa shape index (κ3) is 4.73. The maximum atomic E-state index is 11.9. The predicted molar refractivity (Wildman–Crippen MR) is 93.4 cm³/mol. The molecule has 2 aromatic carbocycles. The number of rotatable bonds is 6. The molecule has 0 aliphatic heterocycles. The van der Waals surface area contributed by atoms with Crippen LogP contribution in [-0.4, -0.2) is 25.5 Å². The Labute approximate surface area is 146 Å². The van der Waals surface area contributed by atoms with Crippen molar-refractivity contribution in [1.29, 1.82) is 0 Å². The van der Waals surface area contributed by atoms with E-state index < -0.39 is 0 Å². The summed E-state index contributed by atoms with van der Waals surface area (Å²) < 4.78 is 5.29. The number of carbonyl (C=O) groups is 2. The van der Waals surface area contributed by atoms with Crippen LogP contribution in [0.2, 0.25) is 5.02 Å².